The smallest absolute Gasteiger partial charge is 0.281 e. The standard InChI is InChI=1S/C17H23N5O3S/c1-21(2)26(24,25)22-10-8-13(9-11-22)17-19-14(15(20-17)16(18)23)12-6-4-3-5-7-12/h3-7,13H,8-11H2,1-2H3,(H2,18,23)(H,19,20). The van der Waals surface area contributed by atoms with Gasteiger partial charge in [0.25, 0.3) is 16.1 Å². The van der Waals surface area contributed by atoms with Crippen LogP contribution in [0.2, 0.25) is 0 Å². The fourth-order valence-electron chi connectivity index (χ4n) is 3.16. The molecule has 26 heavy (non-hydrogen) atoms. The fraction of sp³-hybridized carbons (Fsp3) is 0.412. The second kappa shape index (κ2) is 7.18. The molecule has 3 N–H and O–H groups in total. The number of H-pyrrole nitrogens is 1. The Morgan fingerprint density at radius 2 is 1.85 bits per heavy atom. The van der Waals surface area contributed by atoms with Gasteiger partial charge in [-0.15, -0.1) is 0 Å². The number of imidazole rings is 1. The second-order valence-corrected chi connectivity index (χ2v) is 8.68. The lowest BCUT2D eigenvalue weighted by Crippen LogP contribution is -2.44. The average Bonchev–Trinajstić information content (AvgIpc) is 3.08. The lowest BCUT2D eigenvalue weighted by molar-refractivity contribution is 0.0996. The summed E-state index contributed by atoms with van der Waals surface area (Å²) in [7, 11) is -0.349. The highest BCUT2D eigenvalue weighted by molar-refractivity contribution is 7.86. The molecule has 0 bridgehead atoms. The minimum atomic E-state index is -3.40. The van der Waals surface area contributed by atoms with Crippen LogP contribution in [0, 0.1) is 0 Å². The number of benzene rings is 1. The Morgan fingerprint density at radius 1 is 1.23 bits per heavy atom. The summed E-state index contributed by atoms with van der Waals surface area (Å²) in [4.78, 5) is 19.5. The monoisotopic (exact) mass is 377 g/mol. The minimum absolute atomic E-state index is 0.0548. The van der Waals surface area contributed by atoms with Crippen molar-refractivity contribution in [1.82, 2.24) is 18.6 Å². The molecule has 0 atom stereocenters. The van der Waals surface area contributed by atoms with Crippen LogP contribution in [0.3, 0.4) is 0 Å². The number of carbonyl (C=O) groups is 1. The van der Waals surface area contributed by atoms with E-state index in [2.05, 4.69) is 9.97 Å². The van der Waals surface area contributed by atoms with Crippen molar-refractivity contribution in [3.63, 3.8) is 0 Å². The molecule has 1 aromatic carbocycles. The molecule has 9 heteroatoms. The van der Waals surface area contributed by atoms with E-state index in [0.717, 1.165) is 5.56 Å². The zero-order chi connectivity index (χ0) is 18.9. The number of nitrogens with one attached hydrogen (secondary N) is 1. The summed E-state index contributed by atoms with van der Waals surface area (Å²) in [5.74, 6) is 0.175. The Kier molecular flexibility index (Phi) is 5.12. The predicted octanol–water partition coefficient (Wildman–Crippen LogP) is 1.16. The van der Waals surface area contributed by atoms with Crippen molar-refractivity contribution in [2.45, 2.75) is 18.8 Å². The third-order valence-corrected chi connectivity index (χ3v) is 6.58. The van der Waals surface area contributed by atoms with Gasteiger partial charge < -0.3 is 10.7 Å². The highest BCUT2D eigenvalue weighted by atomic mass is 32.2. The summed E-state index contributed by atoms with van der Waals surface area (Å²) in [6, 6.07) is 9.39. The first kappa shape index (κ1) is 18.6. The molecule has 8 nitrogen and oxygen atoms in total. The van der Waals surface area contributed by atoms with E-state index < -0.39 is 16.1 Å². The summed E-state index contributed by atoms with van der Waals surface area (Å²) in [5, 5.41) is 0. The van der Waals surface area contributed by atoms with Crippen LogP contribution in [0.4, 0.5) is 0 Å². The van der Waals surface area contributed by atoms with Crippen LogP contribution < -0.4 is 5.73 Å². The van der Waals surface area contributed by atoms with Gasteiger partial charge in [0.05, 0.1) is 0 Å². The Bertz CT molecular complexity index is 884. The molecule has 0 radical (unpaired) electrons. The number of amides is 1. The molecule has 1 aliphatic rings. The lowest BCUT2D eigenvalue weighted by Gasteiger charge is -2.32. The van der Waals surface area contributed by atoms with Crippen LogP contribution in [-0.4, -0.2) is 60.1 Å². The zero-order valence-electron chi connectivity index (χ0n) is 14.8. The van der Waals surface area contributed by atoms with Crippen LogP contribution in [0.15, 0.2) is 30.3 Å². The molecule has 1 fully saturated rings. The van der Waals surface area contributed by atoms with Gasteiger partial charge in [0.1, 0.15) is 17.2 Å². The molecule has 1 aliphatic heterocycles. The summed E-state index contributed by atoms with van der Waals surface area (Å²) in [6.07, 6.45) is 1.26. The molecule has 1 aromatic heterocycles. The number of rotatable bonds is 5. The number of hydrogen-bond donors (Lipinski definition) is 2. The van der Waals surface area contributed by atoms with Crippen molar-refractivity contribution in [2.75, 3.05) is 27.2 Å². The topological polar surface area (TPSA) is 112 Å². The first-order valence-electron chi connectivity index (χ1n) is 8.43. The summed E-state index contributed by atoms with van der Waals surface area (Å²) in [5.41, 5.74) is 7.15. The summed E-state index contributed by atoms with van der Waals surface area (Å²) < 4.78 is 27.1. The Morgan fingerprint density at radius 3 is 2.38 bits per heavy atom. The Hall–Kier alpha value is -2.23. The quantitative estimate of drug-likeness (QED) is 0.814. The number of hydrogen-bond acceptors (Lipinski definition) is 4. The Labute approximate surface area is 153 Å². The van der Waals surface area contributed by atoms with E-state index in [0.29, 0.717) is 37.4 Å². The van der Waals surface area contributed by atoms with Gasteiger partial charge >= 0.3 is 0 Å². The van der Waals surface area contributed by atoms with E-state index >= 15 is 0 Å². The van der Waals surface area contributed by atoms with E-state index in [1.807, 2.05) is 30.3 Å². The predicted molar refractivity (Wildman–Crippen MR) is 98.7 cm³/mol. The molecule has 1 amide bonds. The molecule has 2 heterocycles. The van der Waals surface area contributed by atoms with E-state index in [1.54, 1.807) is 0 Å². The van der Waals surface area contributed by atoms with Gasteiger partial charge in [0.15, 0.2) is 0 Å². The first-order chi connectivity index (χ1) is 12.3. The highest BCUT2D eigenvalue weighted by Crippen LogP contribution is 2.31. The van der Waals surface area contributed by atoms with Gasteiger partial charge in [-0.25, -0.2) is 4.98 Å². The van der Waals surface area contributed by atoms with Gasteiger partial charge in [-0.3, -0.25) is 4.79 Å². The van der Waals surface area contributed by atoms with Crippen molar-refractivity contribution in [1.29, 1.82) is 0 Å². The molecule has 140 valence electrons. The van der Waals surface area contributed by atoms with Gasteiger partial charge in [-0.1, -0.05) is 30.3 Å². The van der Waals surface area contributed by atoms with Crippen molar-refractivity contribution >= 4 is 16.1 Å². The maximum atomic E-state index is 12.2. The van der Waals surface area contributed by atoms with E-state index in [-0.39, 0.29) is 11.6 Å². The second-order valence-electron chi connectivity index (χ2n) is 6.54. The normalized spacial score (nSPS) is 16.9. The van der Waals surface area contributed by atoms with Crippen molar-refractivity contribution in [3.05, 3.63) is 41.9 Å². The van der Waals surface area contributed by atoms with E-state index in [1.165, 1.54) is 22.7 Å². The van der Waals surface area contributed by atoms with Crippen LogP contribution in [-0.2, 0) is 10.2 Å². The minimum Gasteiger partial charge on any atom is -0.364 e. The number of aromatic amines is 1. The maximum Gasteiger partial charge on any atom is 0.281 e. The SMILES string of the molecule is CN(C)S(=O)(=O)N1CCC(c2nc(-c3ccccc3)c(C(N)=O)[nH]2)CC1. The molecule has 0 spiro atoms. The fourth-order valence-corrected chi connectivity index (χ4v) is 4.29. The summed E-state index contributed by atoms with van der Waals surface area (Å²) in [6.45, 7) is 0.830. The number of primary amides is 1. The van der Waals surface area contributed by atoms with Gasteiger partial charge in [-0.05, 0) is 12.8 Å². The van der Waals surface area contributed by atoms with E-state index in [4.69, 9.17) is 5.73 Å². The van der Waals surface area contributed by atoms with Crippen LogP contribution in [0.1, 0.15) is 35.1 Å². The molecule has 0 saturated carbocycles. The number of carbonyl (C=O) groups excluding carboxylic acids is 1. The molecule has 1 saturated heterocycles. The van der Waals surface area contributed by atoms with Crippen molar-refractivity contribution in [3.8, 4) is 11.3 Å². The molecular weight excluding hydrogens is 354 g/mol. The highest BCUT2D eigenvalue weighted by Gasteiger charge is 2.32. The third kappa shape index (κ3) is 3.50. The molecule has 0 aliphatic carbocycles. The third-order valence-electron chi connectivity index (χ3n) is 4.64. The number of piperidine rings is 1. The maximum absolute atomic E-state index is 12.2. The lowest BCUT2D eigenvalue weighted by atomic mass is 9.97. The largest absolute Gasteiger partial charge is 0.364 e. The van der Waals surface area contributed by atoms with Crippen LogP contribution in [0.5, 0.6) is 0 Å². The number of nitrogens with two attached hydrogens (primary N) is 1. The van der Waals surface area contributed by atoms with Gasteiger partial charge in [0.2, 0.25) is 0 Å². The number of nitrogens with zero attached hydrogens (tertiary/aromatic N) is 3. The molecule has 2 aromatic rings. The first-order valence-corrected chi connectivity index (χ1v) is 9.83. The zero-order valence-corrected chi connectivity index (χ0v) is 15.7. The molecule has 0 unspecified atom stereocenters. The van der Waals surface area contributed by atoms with Gasteiger partial charge in [-0.2, -0.15) is 17.0 Å². The molecular formula is C17H23N5O3S. The number of aromatic nitrogens is 2. The Balaban J connectivity index is 1.83. The van der Waals surface area contributed by atoms with Crippen molar-refractivity contribution in [2.24, 2.45) is 5.73 Å². The van der Waals surface area contributed by atoms with Crippen molar-refractivity contribution < 1.29 is 13.2 Å². The average molecular weight is 377 g/mol. The summed E-state index contributed by atoms with van der Waals surface area (Å²) >= 11 is 0. The van der Waals surface area contributed by atoms with Crippen LogP contribution in [0.25, 0.3) is 11.3 Å². The van der Waals surface area contributed by atoms with Crippen LogP contribution >= 0.6 is 0 Å². The van der Waals surface area contributed by atoms with E-state index in [9.17, 15) is 13.2 Å². The van der Waals surface area contributed by atoms with Gasteiger partial charge in [0, 0.05) is 38.7 Å². The molecule has 3 rings (SSSR count).